The zero-order valence-corrected chi connectivity index (χ0v) is 12.7. The molecule has 4 heteroatoms. The van der Waals surface area contributed by atoms with Crippen molar-refractivity contribution in [2.24, 2.45) is 0 Å². The largest absolute Gasteiger partial charge is 0.351 e. The summed E-state index contributed by atoms with van der Waals surface area (Å²) in [6, 6.07) is 14.0. The Labute approximate surface area is 126 Å². The molecule has 0 bridgehead atoms. The normalized spacial score (nSPS) is 11.9. The summed E-state index contributed by atoms with van der Waals surface area (Å²) in [4.78, 5) is 12.0. The number of hydrogen-bond donors (Lipinski definition) is 1. The van der Waals surface area contributed by atoms with E-state index in [4.69, 9.17) is 0 Å². The van der Waals surface area contributed by atoms with Crippen LogP contribution in [0, 0.1) is 5.82 Å². The zero-order chi connectivity index (χ0) is 14.5. The van der Waals surface area contributed by atoms with Crippen LogP contribution < -0.4 is 5.32 Å². The molecule has 0 aliphatic heterocycles. The summed E-state index contributed by atoms with van der Waals surface area (Å²) in [7, 11) is 0. The molecule has 1 atom stereocenters. The zero-order valence-electron chi connectivity index (χ0n) is 11.1. The molecule has 0 saturated heterocycles. The Bertz CT molecular complexity index is 601. The Morgan fingerprint density at radius 1 is 1.25 bits per heavy atom. The first-order valence-corrected chi connectivity index (χ1v) is 7.15. The number of nitrogens with one attached hydrogen (secondary N) is 1. The van der Waals surface area contributed by atoms with Crippen molar-refractivity contribution in [1.29, 1.82) is 0 Å². The molecule has 0 fully saturated rings. The molecule has 0 aromatic heterocycles. The third-order valence-electron chi connectivity index (χ3n) is 3.11. The second-order valence-electron chi connectivity index (χ2n) is 4.65. The molecule has 20 heavy (non-hydrogen) atoms. The molecule has 2 aromatic carbocycles. The van der Waals surface area contributed by atoms with Crippen molar-refractivity contribution in [1.82, 2.24) is 5.32 Å². The average Bonchev–Trinajstić information content (AvgIpc) is 2.45. The van der Waals surface area contributed by atoms with Crippen LogP contribution in [0.5, 0.6) is 0 Å². The number of amides is 1. The Kier molecular flexibility index (Phi) is 4.90. The quantitative estimate of drug-likeness (QED) is 0.894. The molecule has 2 nitrogen and oxygen atoms in total. The van der Waals surface area contributed by atoms with Crippen molar-refractivity contribution in [2.75, 3.05) is 6.54 Å². The lowest BCUT2D eigenvalue weighted by Crippen LogP contribution is -2.27. The van der Waals surface area contributed by atoms with E-state index >= 15 is 0 Å². The highest BCUT2D eigenvalue weighted by atomic mass is 79.9. The highest BCUT2D eigenvalue weighted by Crippen LogP contribution is 2.18. The maximum Gasteiger partial charge on any atom is 0.252 e. The Morgan fingerprint density at radius 3 is 2.60 bits per heavy atom. The Morgan fingerprint density at radius 2 is 1.95 bits per heavy atom. The Hall–Kier alpha value is -1.68. The van der Waals surface area contributed by atoms with Gasteiger partial charge in [-0.05, 0) is 45.6 Å². The standard InChI is InChI=1S/C16H15BrFNO/c1-11(12-5-3-2-4-6-12)10-19-16(20)14-8-7-13(18)9-15(14)17/h2-9,11H,10H2,1H3,(H,19,20). The monoisotopic (exact) mass is 335 g/mol. The number of halogens is 2. The molecule has 104 valence electrons. The predicted molar refractivity (Wildman–Crippen MR) is 81.3 cm³/mol. The minimum atomic E-state index is -0.369. The second kappa shape index (κ2) is 6.66. The molecule has 0 heterocycles. The van der Waals surface area contributed by atoms with Gasteiger partial charge in [0.15, 0.2) is 0 Å². The fourth-order valence-corrected chi connectivity index (χ4v) is 2.44. The molecule has 0 saturated carbocycles. The summed E-state index contributed by atoms with van der Waals surface area (Å²) in [5, 5.41) is 2.87. The summed E-state index contributed by atoms with van der Waals surface area (Å²) in [5.41, 5.74) is 1.61. The van der Waals surface area contributed by atoms with Crippen LogP contribution in [0.4, 0.5) is 4.39 Å². The number of hydrogen-bond acceptors (Lipinski definition) is 1. The van der Waals surface area contributed by atoms with Crippen LogP contribution in [-0.2, 0) is 0 Å². The maximum atomic E-state index is 13.0. The highest BCUT2D eigenvalue weighted by molar-refractivity contribution is 9.10. The predicted octanol–water partition coefficient (Wildman–Crippen LogP) is 4.12. The minimum Gasteiger partial charge on any atom is -0.351 e. The molecule has 1 N–H and O–H groups in total. The van der Waals surface area contributed by atoms with Gasteiger partial charge in [-0.2, -0.15) is 0 Å². The van der Waals surface area contributed by atoms with E-state index in [9.17, 15) is 9.18 Å². The van der Waals surface area contributed by atoms with E-state index in [0.717, 1.165) is 0 Å². The lowest BCUT2D eigenvalue weighted by molar-refractivity contribution is 0.0951. The van der Waals surface area contributed by atoms with Crippen LogP contribution in [0.25, 0.3) is 0 Å². The fraction of sp³-hybridized carbons (Fsp3) is 0.188. The highest BCUT2D eigenvalue weighted by Gasteiger charge is 2.12. The summed E-state index contributed by atoms with van der Waals surface area (Å²) in [6.45, 7) is 2.59. The van der Waals surface area contributed by atoms with Crippen LogP contribution in [0.3, 0.4) is 0 Å². The first-order chi connectivity index (χ1) is 9.58. The number of carbonyl (C=O) groups is 1. The van der Waals surface area contributed by atoms with Gasteiger partial charge in [-0.3, -0.25) is 4.79 Å². The topological polar surface area (TPSA) is 29.1 Å². The first-order valence-electron chi connectivity index (χ1n) is 6.36. The first kappa shape index (κ1) is 14.7. The SMILES string of the molecule is CC(CNC(=O)c1ccc(F)cc1Br)c1ccccc1. The number of rotatable bonds is 4. The van der Waals surface area contributed by atoms with Crippen LogP contribution in [-0.4, -0.2) is 12.5 Å². The van der Waals surface area contributed by atoms with Gasteiger partial charge >= 0.3 is 0 Å². The molecular weight excluding hydrogens is 321 g/mol. The molecule has 0 aliphatic carbocycles. The van der Waals surface area contributed by atoms with E-state index in [1.54, 1.807) is 0 Å². The molecular formula is C16H15BrFNO. The van der Waals surface area contributed by atoms with Crippen LogP contribution in [0.2, 0.25) is 0 Å². The molecule has 0 spiro atoms. The summed E-state index contributed by atoms with van der Waals surface area (Å²) in [5.74, 6) is -0.356. The summed E-state index contributed by atoms with van der Waals surface area (Å²) >= 11 is 3.20. The van der Waals surface area contributed by atoms with Crippen molar-refractivity contribution < 1.29 is 9.18 Å². The van der Waals surface area contributed by atoms with Crippen LogP contribution in [0.15, 0.2) is 53.0 Å². The van der Waals surface area contributed by atoms with E-state index in [1.165, 1.54) is 23.8 Å². The van der Waals surface area contributed by atoms with Crippen molar-refractivity contribution in [2.45, 2.75) is 12.8 Å². The van der Waals surface area contributed by atoms with E-state index in [1.807, 2.05) is 30.3 Å². The van der Waals surface area contributed by atoms with Gasteiger partial charge in [-0.1, -0.05) is 37.3 Å². The third-order valence-corrected chi connectivity index (χ3v) is 3.77. The summed E-state index contributed by atoms with van der Waals surface area (Å²) in [6.07, 6.45) is 0. The van der Waals surface area contributed by atoms with E-state index in [0.29, 0.717) is 16.6 Å². The van der Waals surface area contributed by atoms with Gasteiger partial charge < -0.3 is 5.32 Å². The van der Waals surface area contributed by atoms with Crippen LogP contribution >= 0.6 is 15.9 Å². The number of carbonyl (C=O) groups excluding carboxylic acids is 1. The van der Waals surface area contributed by atoms with Gasteiger partial charge in [0.2, 0.25) is 0 Å². The van der Waals surface area contributed by atoms with Crippen molar-refractivity contribution in [3.63, 3.8) is 0 Å². The molecule has 0 aliphatic rings. The van der Waals surface area contributed by atoms with Gasteiger partial charge in [-0.15, -0.1) is 0 Å². The third kappa shape index (κ3) is 3.67. The van der Waals surface area contributed by atoms with E-state index in [-0.39, 0.29) is 17.6 Å². The molecule has 2 rings (SSSR count). The second-order valence-corrected chi connectivity index (χ2v) is 5.50. The van der Waals surface area contributed by atoms with E-state index < -0.39 is 0 Å². The summed E-state index contributed by atoms with van der Waals surface area (Å²) < 4.78 is 13.4. The molecule has 2 aromatic rings. The molecule has 0 radical (unpaired) electrons. The maximum absolute atomic E-state index is 13.0. The molecule has 1 unspecified atom stereocenters. The lowest BCUT2D eigenvalue weighted by atomic mass is 10.0. The lowest BCUT2D eigenvalue weighted by Gasteiger charge is -2.13. The average molecular weight is 336 g/mol. The van der Waals surface area contributed by atoms with Crippen molar-refractivity contribution >= 4 is 21.8 Å². The smallest absolute Gasteiger partial charge is 0.252 e. The molecule has 1 amide bonds. The minimum absolute atomic E-state index is 0.209. The van der Waals surface area contributed by atoms with Gasteiger partial charge in [-0.25, -0.2) is 4.39 Å². The van der Waals surface area contributed by atoms with Crippen LogP contribution in [0.1, 0.15) is 28.8 Å². The number of benzene rings is 2. The van der Waals surface area contributed by atoms with Gasteiger partial charge in [0.1, 0.15) is 5.82 Å². The van der Waals surface area contributed by atoms with Crippen molar-refractivity contribution in [3.8, 4) is 0 Å². The van der Waals surface area contributed by atoms with E-state index in [2.05, 4.69) is 28.2 Å². The Balaban J connectivity index is 1.99. The van der Waals surface area contributed by atoms with Gasteiger partial charge in [0.25, 0.3) is 5.91 Å². The van der Waals surface area contributed by atoms with Crippen molar-refractivity contribution in [3.05, 3.63) is 69.9 Å². The fourth-order valence-electron chi connectivity index (χ4n) is 1.91. The van der Waals surface area contributed by atoms with Gasteiger partial charge in [0, 0.05) is 11.0 Å². The van der Waals surface area contributed by atoms with Gasteiger partial charge in [0.05, 0.1) is 5.56 Å².